The molecular formula is C45H45Al2N3O12S6. The number of aliphatic carboxylic acids is 3. The molecule has 0 aliphatic carbocycles. The van der Waals surface area contributed by atoms with E-state index in [0.717, 1.165) is 30.6 Å². The van der Waals surface area contributed by atoms with Gasteiger partial charge in [-0.1, -0.05) is 51.6 Å². The number of carboxylic acids is 3. The van der Waals surface area contributed by atoms with Crippen LogP contribution in [0, 0.1) is 0 Å². The zero-order valence-corrected chi connectivity index (χ0v) is 44.5. The first-order valence-electron chi connectivity index (χ1n) is 20.5. The molecule has 3 atom stereocenters. The number of thiazole rings is 3. The fourth-order valence-corrected chi connectivity index (χ4v) is 11.3. The van der Waals surface area contributed by atoms with E-state index in [0.29, 0.717) is 34.8 Å². The van der Waals surface area contributed by atoms with Crippen LogP contribution >= 0.6 is 70.7 Å². The van der Waals surface area contributed by atoms with Gasteiger partial charge in [-0.25, -0.2) is 15.0 Å². The number of hydrogen-bond donors (Lipinski definition) is 0. The molecule has 0 N–H and O–H groups in total. The predicted molar refractivity (Wildman–Crippen MR) is 265 cm³/mol. The van der Waals surface area contributed by atoms with E-state index in [1.807, 2.05) is 93.6 Å². The number of ether oxygens (including phenoxy) is 3. The van der Waals surface area contributed by atoms with Gasteiger partial charge in [0.2, 0.25) is 0 Å². The maximum Gasteiger partial charge on any atom is 3.00 e. The van der Waals surface area contributed by atoms with Crippen LogP contribution in [0.15, 0.2) is 72.8 Å². The number of rotatable bonds is 24. The van der Waals surface area contributed by atoms with Crippen molar-refractivity contribution in [3.05, 3.63) is 87.8 Å². The van der Waals surface area contributed by atoms with Crippen molar-refractivity contribution in [3.8, 4) is 0 Å². The molecule has 15 nitrogen and oxygen atoms in total. The van der Waals surface area contributed by atoms with Crippen LogP contribution in [0.5, 0.6) is 0 Å². The SMILES string of the molecule is CCOCCC(CC(=O)[O-])(C([O-])=S)c1nc2ccccc2s1.CCOCCC(CC(=O)[O-])(C([O-])=S)c1nc2ccccc2s1.CCOCCC(CC(=O)[O-])(C([O-])=S)c1nc2ccccc2s1.[Al+3].[Al+3]. The van der Waals surface area contributed by atoms with E-state index in [-0.39, 0.29) is 73.8 Å². The van der Waals surface area contributed by atoms with Crippen molar-refractivity contribution in [1.82, 2.24) is 15.0 Å². The Labute approximate surface area is 442 Å². The van der Waals surface area contributed by atoms with E-state index in [9.17, 15) is 45.0 Å². The van der Waals surface area contributed by atoms with Crippen LogP contribution in [0.3, 0.4) is 0 Å². The molecule has 23 heteroatoms. The Bertz CT molecular complexity index is 2250. The molecule has 0 saturated carbocycles. The number of nitrogens with zero attached hydrogens (tertiary/aromatic N) is 3. The largest absolute Gasteiger partial charge is 3.00 e. The summed E-state index contributed by atoms with van der Waals surface area (Å²) < 4.78 is 18.5. The maximum absolute atomic E-state index is 12.1. The Morgan fingerprint density at radius 3 is 0.897 bits per heavy atom. The summed E-state index contributed by atoms with van der Waals surface area (Å²) in [6, 6.07) is 22.2. The van der Waals surface area contributed by atoms with E-state index < -0.39 is 68.6 Å². The quantitative estimate of drug-likeness (QED) is 0.0474. The zero-order chi connectivity index (χ0) is 48.5. The molecule has 0 saturated heterocycles. The number of benzene rings is 3. The van der Waals surface area contributed by atoms with Crippen LogP contribution in [0.25, 0.3) is 30.6 Å². The second kappa shape index (κ2) is 28.9. The van der Waals surface area contributed by atoms with E-state index in [1.54, 1.807) is 0 Å². The van der Waals surface area contributed by atoms with Gasteiger partial charge in [0.1, 0.15) is 15.0 Å². The van der Waals surface area contributed by atoms with Gasteiger partial charge in [0, 0.05) is 76.8 Å². The van der Waals surface area contributed by atoms with Gasteiger partial charge in [-0.05, 0) is 76.4 Å². The van der Waals surface area contributed by atoms with Crippen molar-refractivity contribution in [2.45, 2.75) is 75.5 Å². The monoisotopic (exact) mass is 1070 g/mol. The Kier molecular flexibility index (Phi) is 25.7. The van der Waals surface area contributed by atoms with E-state index in [1.165, 1.54) is 34.0 Å². The minimum atomic E-state index is -1.37. The summed E-state index contributed by atoms with van der Waals surface area (Å²) >= 11 is 18.4. The molecule has 0 aliphatic rings. The van der Waals surface area contributed by atoms with Gasteiger partial charge in [0.15, 0.2) is 0 Å². The Morgan fingerprint density at radius 1 is 0.471 bits per heavy atom. The average molecular weight is 1070 g/mol. The van der Waals surface area contributed by atoms with Gasteiger partial charge in [-0.15, -0.1) is 70.7 Å². The number of carboxylic acid groups (broad SMARTS) is 3. The van der Waals surface area contributed by atoms with Crippen LogP contribution < -0.4 is 30.6 Å². The standard InChI is InChI=1S/3C15H17NO4S2.2Al/c3*1-2-20-8-7-15(14(19)21,9-12(17)18)13-16-10-5-3-4-6-11(10)22-13;;/h3*3-6H,2,7-9H2,1H3,(H,17,18)(H,19,21);;/q;;;2*+3/p-6. The average Bonchev–Trinajstić information content (AvgIpc) is 4.03. The Hall–Kier alpha value is -3.65. The normalized spacial score (nSPS) is 13.5. The number of para-hydroxylation sites is 3. The zero-order valence-electron chi connectivity index (χ0n) is 37.3. The molecule has 3 aromatic carbocycles. The third kappa shape index (κ3) is 15.7. The Balaban J connectivity index is 0.000000345. The first-order chi connectivity index (χ1) is 31.5. The van der Waals surface area contributed by atoms with Crippen molar-refractivity contribution in [2.75, 3.05) is 39.6 Å². The number of hydrogen-bond acceptors (Lipinski definition) is 21. The van der Waals surface area contributed by atoms with Gasteiger partial charge < -0.3 is 59.2 Å². The van der Waals surface area contributed by atoms with Crippen LogP contribution in [0.1, 0.15) is 74.3 Å². The minimum absolute atomic E-state index is 0. The first kappa shape index (κ1) is 60.5. The van der Waals surface area contributed by atoms with Gasteiger partial charge >= 0.3 is 34.7 Å². The minimum Gasteiger partial charge on any atom is -0.867 e. The fourth-order valence-electron chi connectivity index (χ4n) is 6.74. The molecule has 354 valence electrons. The number of carbonyl (C=O) groups is 3. The Morgan fingerprint density at radius 2 is 0.706 bits per heavy atom. The van der Waals surface area contributed by atoms with E-state index in [4.69, 9.17) is 50.9 Å². The molecule has 0 bridgehead atoms. The molecule has 3 aromatic heterocycles. The van der Waals surface area contributed by atoms with E-state index in [2.05, 4.69) is 15.0 Å². The second-order valence-electron chi connectivity index (χ2n) is 14.6. The number of carbonyl (C=O) groups excluding carboxylic acids is 3. The van der Waals surface area contributed by atoms with Gasteiger partial charge in [0.25, 0.3) is 0 Å². The van der Waals surface area contributed by atoms with Crippen LogP contribution in [0.4, 0.5) is 0 Å². The molecule has 0 radical (unpaired) electrons. The summed E-state index contributed by atoms with van der Waals surface area (Å²) in [5, 5.41) is 69.1. The fraction of sp³-hybridized carbons (Fsp3) is 0.400. The molecule has 0 spiro atoms. The summed E-state index contributed by atoms with van der Waals surface area (Å²) in [4.78, 5) is 46.8. The third-order valence-corrected chi connectivity index (χ3v) is 15.1. The van der Waals surface area contributed by atoms with Gasteiger partial charge in [0.05, 0.1) is 46.9 Å². The number of aromatic nitrogens is 3. The predicted octanol–water partition coefficient (Wildman–Crippen LogP) is 1.60. The van der Waals surface area contributed by atoms with Crippen LogP contribution in [-0.2, 0) is 44.8 Å². The molecule has 3 unspecified atom stereocenters. The van der Waals surface area contributed by atoms with Crippen molar-refractivity contribution in [3.63, 3.8) is 0 Å². The summed E-state index contributed by atoms with van der Waals surface area (Å²) in [5.41, 5.74) is -1.94. The van der Waals surface area contributed by atoms with Crippen molar-refractivity contribution in [2.24, 2.45) is 0 Å². The maximum atomic E-state index is 12.1. The smallest absolute Gasteiger partial charge is 0.867 e. The first-order valence-corrected chi connectivity index (χ1v) is 24.2. The van der Waals surface area contributed by atoms with Crippen LogP contribution in [-0.4, -0.2) is 122 Å². The van der Waals surface area contributed by atoms with Crippen molar-refractivity contribution < 1.29 is 59.2 Å². The van der Waals surface area contributed by atoms with Crippen LogP contribution in [0.2, 0.25) is 0 Å². The third-order valence-electron chi connectivity index (χ3n) is 10.3. The number of thiocarbonyl (C=S) groups is 3. The summed E-state index contributed by atoms with van der Waals surface area (Å²) in [7, 11) is 0. The topological polar surface area (TPSA) is 256 Å². The molecular weight excluding hydrogens is 1020 g/mol. The summed E-state index contributed by atoms with van der Waals surface area (Å²) in [6.07, 6.45) is -0.919. The molecule has 6 rings (SSSR count). The molecule has 0 aliphatic heterocycles. The molecule has 3 heterocycles. The van der Waals surface area contributed by atoms with Crippen molar-refractivity contribution in [1.29, 1.82) is 0 Å². The van der Waals surface area contributed by atoms with Crippen molar-refractivity contribution >= 4 is 169 Å². The summed E-state index contributed by atoms with van der Waals surface area (Å²) in [6.45, 7) is 7.63. The summed E-state index contributed by atoms with van der Waals surface area (Å²) in [5.74, 6) is -3.98. The second-order valence-corrected chi connectivity index (χ2v) is 18.8. The van der Waals surface area contributed by atoms with Gasteiger partial charge in [-0.3, -0.25) is 0 Å². The molecule has 0 fully saturated rings. The molecule has 68 heavy (non-hydrogen) atoms. The number of fused-ring (bicyclic) bond motifs is 3. The molecule has 6 aromatic rings. The van der Waals surface area contributed by atoms with E-state index >= 15 is 0 Å². The van der Waals surface area contributed by atoms with Gasteiger partial charge in [-0.2, -0.15) is 0 Å². The molecule has 0 amide bonds.